The standard InChI is InChI=1S/C14H19N3O/c1-3-14(18)9-17(10-14)8-12-11-6-4-5-7-13(11)16(2)15-12/h4-7,18H,3,8-10H2,1-2H3. The summed E-state index contributed by atoms with van der Waals surface area (Å²) in [5.41, 5.74) is 1.80. The number of fused-ring (bicyclic) bond motifs is 1. The van der Waals surface area contributed by atoms with Gasteiger partial charge >= 0.3 is 0 Å². The van der Waals surface area contributed by atoms with Crippen molar-refractivity contribution in [2.24, 2.45) is 7.05 Å². The van der Waals surface area contributed by atoms with E-state index >= 15 is 0 Å². The third-order valence-electron chi connectivity index (χ3n) is 3.90. The average molecular weight is 245 g/mol. The van der Waals surface area contributed by atoms with Crippen molar-refractivity contribution >= 4 is 10.9 Å². The minimum absolute atomic E-state index is 0.468. The van der Waals surface area contributed by atoms with E-state index in [9.17, 15) is 5.11 Å². The molecule has 4 heteroatoms. The molecule has 0 amide bonds. The topological polar surface area (TPSA) is 41.3 Å². The van der Waals surface area contributed by atoms with E-state index in [1.165, 1.54) is 10.9 Å². The van der Waals surface area contributed by atoms with Crippen molar-refractivity contribution in [3.63, 3.8) is 0 Å². The van der Waals surface area contributed by atoms with Crippen LogP contribution in [-0.4, -0.2) is 38.5 Å². The monoisotopic (exact) mass is 245 g/mol. The van der Waals surface area contributed by atoms with Gasteiger partial charge in [0.05, 0.1) is 16.8 Å². The quantitative estimate of drug-likeness (QED) is 0.891. The number of aliphatic hydroxyl groups is 1. The van der Waals surface area contributed by atoms with Crippen LogP contribution in [0.1, 0.15) is 19.0 Å². The minimum atomic E-state index is -0.468. The number of benzene rings is 1. The van der Waals surface area contributed by atoms with Gasteiger partial charge < -0.3 is 5.11 Å². The van der Waals surface area contributed by atoms with Gasteiger partial charge in [0.1, 0.15) is 0 Å². The van der Waals surface area contributed by atoms with Crippen LogP contribution in [0.25, 0.3) is 10.9 Å². The molecule has 18 heavy (non-hydrogen) atoms. The van der Waals surface area contributed by atoms with Gasteiger partial charge in [0.2, 0.25) is 0 Å². The smallest absolute Gasteiger partial charge is 0.0897 e. The lowest BCUT2D eigenvalue weighted by molar-refractivity contribution is -0.103. The lowest BCUT2D eigenvalue weighted by atomic mass is 9.91. The third kappa shape index (κ3) is 1.82. The summed E-state index contributed by atoms with van der Waals surface area (Å²) in [5, 5.41) is 15.8. The van der Waals surface area contributed by atoms with Gasteiger partial charge in [-0.2, -0.15) is 5.10 Å². The highest BCUT2D eigenvalue weighted by atomic mass is 16.3. The fourth-order valence-corrected chi connectivity index (χ4v) is 2.74. The molecule has 96 valence electrons. The Kier molecular flexibility index (Phi) is 2.64. The van der Waals surface area contributed by atoms with Crippen LogP contribution in [-0.2, 0) is 13.6 Å². The van der Waals surface area contributed by atoms with Crippen LogP contribution in [0.4, 0.5) is 0 Å². The summed E-state index contributed by atoms with van der Waals surface area (Å²) in [6.07, 6.45) is 0.826. The first-order valence-corrected chi connectivity index (χ1v) is 6.47. The van der Waals surface area contributed by atoms with E-state index in [0.717, 1.165) is 31.7 Å². The second kappa shape index (κ2) is 4.07. The molecule has 4 nitrogen and oxygen atoms in total. The SMILES string of the molecule is CCC1(O)CN(Cc2nn(C)c3ccccc23)C1. The zero-order chi connectivity index (χ0) is 12.8. The molecule has 1 aliphatic heterocycles. The number of aryl methyl sites for hydroxylation is 1. The molecule has 0 spiro atoms. The molecule has 2 heterocycles. The number of para-hydroxylation sites is 1. The fraction of sp³-hybridized carbons (Fsp3) is 0.500. The summed E-state index contributed by atoms with van der Waals surface area (Å²) < 4.78 is 1.93. The molecule has 1 fully saturated rings. The second-order valence-electron chi connectivity index (χ2n) is 5.31. The van der Waals surface area contributed by atoms with Crippen LogP contribution in [0.15, 0.2) is 24.3 Å². The van der Waals surface area contributed by atoms with Gasteiger partial charge in [-0.3, -0.25) is 9.58 Å². The number of rotatable bonds is 3. The van der Waals surface area contributed by atoms with Crippen molar-refractivity contribution in [2.45, 2.75) is 25.5 Å². The summed E-state index contributed by atoms with van der Waals surface area (Å²) in [6, 6.07) is 8.28. The Labute approximate surface area is 107 Å². The van der Waals surface area contributed by atoms with Gasteiger partial charge in [-0.05, 0) is 12.5 Å². The van der Waals surface area contributed by atoms with Crippen LogP contribution in [0.5, 0.6) is 0 Å². The van der Waals surface area contributed by atoms with Gasteiger partial charge in [-0.1, -0.05) is 25.1 Å². The first-order chi connectivity index (χ1) is 8.61. The number of hydrogen-bond acceptors (Lipinski definition) is 3. The van der Waals surface area contributed by atoms with Gasteiger partial charge in [0.15, 0.2) is 0 Å². The zero-order valence-electron chi connectivity index (χ0n) is 10.9. The summed E-state index contributed by atoms with van der Waals surface area (Å²) in [4.78, 5) is 2.25. The Bertz CT molecular complexity index is 569. The Balaban J connectivity index is 1.80. The Morgan fingerprint density at radius 3 is 2.78 bits per heavy atom. The maximum Gasteiger partial charge on any atom is 0.0897 e. The van der Waals surface area contributed by atoms with E-state index in [1.807, 2.05) is 30.8 Å². The highest BCUT2D eigenvalue weighted by Crippen LogP contribution is 2.27. The molecule has 1 aromatic heterocycles. The fourth-order valence-electron chi connectivity index (χ4n) is 2.74. The largest absolute Gasteiger partial charge is 0.387 e. The number of β-amino-alcohol motifs (C(OH)–C–C–N with tert-alkyl or cyclic N) is 1. The van der Waals surface area contributed by atoms with Gasteiger partial charge in [0.25, 0.3) is 0 Å². The first-order valence-electron chi connectivity index (χ1n) is 6.47. The first kappa shape index (κ1) is 11.7. The van der Waals surface area contributed by atoms with Crippen LogP contribution >= 0.6 is 0 Å². The van der Waals surface area contributed by atoms with E-state index in [0.29, 0.717) is 0 Å². The maximum absolute atomic E-state index is 10.0. The van der Waals surface area contributed by atoms with Gasteiger partial charge in [0, 0.05) is 32.1 Å². The number of hydrogen-bond donors (Lipinski definition) is 1. The minimum Gasteiger partial charge on any atom is -0.387 e. The Morgan fingerprint density at radius 1 is 1.33 bits per heavy atom. The molecule has 0 radical (unpaired) electrons. The molecule has 2 aromatic rings. The summed E-state index contributed by atoms with van der Waals surface area (Å²) >= 11 is 0. The number of nitrogens with zero attached hydrogens (tertiary/aromatic N) is 3. The van der Waals surface area contributed by atoms with Crippen LogP contribution in [0.3, 0.4) is 0 Å². The van der Waals surface area contributed by atoms with Crippen molar-refractivity contribution in [1.29, 1.82) is 0 Å². The average Bonchev–Trinajstić information content (AvgIpc) is 2.65. The molecule has 1 aromatic carbocycles. The Morgan fingerprint density at radius 2 is 2.06 bits per heavy atom. The van der Waals surface area contributed by atoms with Crippen molar-refractivity contribution < 1.29 is 5.11 Å². The lowest BCUT2D eigenvalue weighted by Gasteiger charge is -2.45. The predicted octanol–water partition coefficient (Wildman–Crippen LogP) is 1.53. The van der Waals surface area contributed by atoms with E-state index in [-0.39, 0.29) is 0 Å². The van der Waals surface area contributed by atoms with Crippen LogP contribution < -0.4 is 0 Å². The molecule has 0 aliphatic carbocycles. The predicted molar refractivity (Wildman–Crippen MR) is 71.2 cm³/mol. The van der Waals surface area contributed by atoms with E-state index in [1.54, 1.807) is 0 Å². The van der Waals surface area contributed by atoms with Crippen molar-refractivity contribution in [3.8, 4) is 0 Å². The highest BCUT2D eigenvalue weighted by Gasteiger charge is 2.39. The van der Waals surface area contributed by atoms with E-state index in [4.69, 9.17) is 0 Å². The maximum atomic E-state index is 10.0. The van der Waals surface area contributed by atoms with E-state index < -0.39 is 5.60 Å². The second-order valence-corrected chi connectivity index (χ2v) is 5.31. The van der Waals surface area contributed by atoms with Gasteiger partial charge in [-0.25, -0.2) is 0 Å². The molecule has 1 aliphatic rings. The van der Waals surface area contributed by atoms with Crippen molar-refractivity contribution in [2.75, 3.05) is 13.1 Å². The van der Waals surface area contributed by atoms with Crippen molar-refractivity contribution in [3.05, 3.63) is 30.0 Å². The molecular formula is C14H19N3O. The highest BCUT2D eigenvalue weighted by molar-refractivity contribution is 5.81. The van der Waals surface area contributed by atoms with Crippen molar-refractivity contribution in [1.82, 2.24) is 14.7 Å². The molecule has 0 atom stereocenters. The molecule has 1 N–H and O–H groups in total. The Hall–Kier alpha value is -1.39. The molecule has 0 unspecified atom stereocenters. The zero-order valence-corrected chi connectivity index (χ0v) is 10.9. The summed E-state index contributed by atoms with van der Waals surface area (Å²) in [6.45, 7) is 4.37. The molecule has 0 bridgehead atoms. The third-order valence-corrected chi connectivity index (χ3v) is 3.90. The van der Waals surface area contributed by atoms with Gasteiger partial charge in [-0.15, -0.1) is 0 Å². The van der Waals surface area contributed by atoms with Crippen LogP contribution in [0, 0.1) is 0 Å². The molecule has 3 rings (SSSR count). The molecular weight excluding hydrogens is 226 g/mol. The summed E-state index contributed by atoms with van der Waals surface area (Å²) in [7, 11) is 1.98. The van der Waals surface area contributed by atoms with E-state index in [2.05, 4.69) is 22.1 Å². The molecule has 0 saturated carbocycles. The lowest BCUT2D eigenvalue weighted by Crippen LogP contribution is -2.60. The normalized spacial score (nSPS) is 19.1. The summed E-state index contributed by atoms with van der Waals surface area (Å²) in [5.74, 6) is 0. The number of aromatic nitrogens is 2. The number of likely N-dealkylation sites (tertiary alicyclic amines) is 1. The van der Waals surface area contributed by atoms with Crippen LogP contribution in [0.2, 0.25) is 0 Å². The molecule has 1 saturated heterocycles.